The lowest BCUT2D eigenvalue weighted by molar-refractivity contribution is -0.118. The highest BCUT2D eigenvalue weighted by Gasteiger charge is 2.34. The summed E-state index contributed by atoms with van der Waals surface area (Å²) in [6.07, 6.45) is 1.69. The van der Waals surface area contributed by atoms with E-state index in [0.29, 0.717) is 18.8 Å². The lowest BCUT2D eigenvalue weighted by Gasteiger charge is -2.41. The average Bonchev–Trinajstić information content (AvgIpc) is 2.35. The number of pyridine rings is 1. The highest BCUT2D eigenvalue weighted by atomic mass is 16.5. The van der Waals surface area contributed by atoms with E-state index in [-0.39, 0.29) is 17.6 Å². The van der Waals surface area contributed by atoms with Crippen LogP contribution in [0.4, 0.5) is 5.69 Å². The van der Waals surface area contributed by atoms with Gasteiger partial charge in [0.1, 0.15) is 5.69 Å². The second-order valence-electron chi connectivity index (χ2n) is 5.55. The number of carbonyl (C=O) groups excluding carboxylic acids is 1. The van der Waals surface area contributed by atoms with Crippen molar-refractivity contribution in [1.82, 2.24) is 9.88 Å². The molecule has 1 unspecified atom stereocenters. The molecule has 19 heavy (non-hydrogen) atoms. The fourth-order valence-electron chi connectivity index (χ4n) is 2.47. The quantitative estimate of drug-likeness (QED) is 0.883. The van der Waals surface area contributed by atoms with Gasteiger partial charge in [-0.2, -0.15) is 0 Å². The molecule has 0 aromatic carbocycles. The summed E-state index contributed by atoms with van der Waals surface area (Å²) in [6.45, 7) is 7.18. The summed E-state index contributed by atoms with van der Waals surface area (Å²) >= 11 is 0. The van der Waals surface area contributed by atoms with Gasteiger partial charge in [0.2, 0.25) is 0 Å². The second-order valence-corrected chi connectivity index (χ2v) is 5.55. The van der Waals surface area contributed by atoms with Gasteiger partial charge in [-0.05, 0) is 32.9 Å². The lowest BCUT2D eigenvalue weighted by Crippen LogP contribution is -2.53. The molecular weight excluding hydrogens is 242 g/mol. The summed E-state index contributed by atoms with van der Waals surface area (Å²) in [6, 6.07) is 3.61. The molecule has 1 saturated heterocycles. The van der Waals surface area contributed by atoms with Crippen LogP contribution < -0.4 is 5.32 Å². The number of aromatic nitrogens is 1. The van der Waals surface area contributed by atoms with Crippen molar-refractivity contribution in [2.45, 2.75) is 32.5 Å². The first kappa shape index (κ1) is 13.8. The van der Waals surface area contributed by atoms with Gasteiger partial charge in [0, 0.05) is 32.0 Å². The molecule has 1 atom stereocenters. The van der Waals surface area contributed by atoms with Crippen LogP contribution in [-0.2, 0) is 4.74 Å². The molecule has 1 fully saturated rings. The zero-order chi connectivity index (χ0) is 14.0. The Kier molecular flexibility index (Phi) is 3.75. The lowest BCUT2D eigenvalue weighted by atomic mass is 10.1. The Bertz CT molecular complexity index is 474. The van der Waals surface area contributed by atoms with Crippen molar-refractivity contribution in [2.75, 3.05) is 25.5 Å². The number of amides is 1. The van der Waals surface area contributed by atoms with Crippen LogP contribution in [0.5, 0.6) is 0 Å². The molecule has 104 valence electrons. The van der Waals surface area contributed by atoms with Gasteiger partial charge in [-0.1, -0.05) is 0 Å². The second kappa shape index (κ2) is 5.17. The molecule has 0 spiro atoms. The molecule has 2 heterocycles. The number of ether oxygens (including phenoxy) is 1. The number of carbonyl (C=O) groups is 1. The van der Waals surface area contributed by atoms with Crippen molar-refractivity contribution in [1.29, 1.82) is 0 Å². The monoisotopic (exact) mass is 263 g/mol. The third-order valence-electron chi connectivity index (χ3n) is 3.12. The van der Waals surface area contributed by atoms with Crippen molar-refractivity contribution >= 4 is 11.6 Å². The van der Waals surface area contributed by atoms with E-state index in [9.17, 15) is 4.79 Å². The number of anilines is 1. The van der Waals surface area contributed by atoms with E-state index in [1.54, 1.807) is 12.3 Å². The number of morpholine rings is 1. The molecule has 5 nitrogen and oxygen atoms in total. The third-order valence-corrected chi connectivity index (χ3v) is 3.12. The smallest absolute Gasteiger partial charge is 0.272 e. The number of nitrogens with one attached hydrogen (secondary N) is 1. The van der Waals surface area contributed by atoms with Gasteiger partial charge in [0.05, 0.1) is 11.7 Å². The Morgan fingerprint density at radius 3 is 2.95 bits per heavy atom. The molecule has 0 radical (unpaired) electrons. The van der Waals surface area contributed by atoms with Crippen LogP contribution in [0.25, 0.3) is 0 Å². The van der Waals surface area contributed by atoms with Crippen LogP contribution in [0.1, 0.15) is 31.3 Å². The molecule has 5 heteroatoms. The van der Waals surface area contributed by atoms with Gasteiger partial charge in [-0.3, -0.25) is 9.78 Å². The van der Waals surface area contributed by atoms with Gasteiger partial charge in [0.25, 0.3) is 5.91 Å². The maximum atomic E-state index is 12.5. The zero-order valence-corrected chi connectivity index (χ0v) is 11.9. The number of rotatable bonds is 2. The molecule has 2 rings (SSSR count). The summed E-state index contributed by atoms with van der Waals surface area (Å²) < 4.78 is 5.81. The van der Waals surface area contributed by atoms with Crippen molar-refractivity contribution in [3.8, 4) is 0 Å². The van der Waals surface area contributed by atoms with Gasteiger partial charge in [0.15, 0.2) is 0 Å². The van der Waals surface area contributed by atoms with Crippen LogP contribution >= 0.6 is 0 Å². The van der Waals surface area contributed by atoms with Gasteiger partial charge >= 0.3 is 0 Å². The van der Waals surface area contributed by atoms with E-state index in [0.717, 1.165) is 5.69 Å². The van der Waals surface area contributed by atoms with E-state index in [1.165, 1.54) is 0 Å². The van der Waals surface area contributed by atoms with Gasteiger partial charge in [-0.25, -0.2) is 0 Å². The van der Waals surface area contributed by atoms with Crippen molar-refractivity contribution in [3.63, 3.8) is 0 Å². The van der Waals surface area contributed by atoms with Crippen molar-refractivity contribution in [3.05, 3.63) is 24.0 Å². The molecule has 1 amide bonds. The predicted molar refractivity (Wildman–Crippen MR) is 74.3 cm³/mol. The van der Waals surface area contributed by atoms with Crippen LogP contribution in [0.2, 0.25) is 0 Å². The highest BCUT2D eigenvalue weighted by Crippen LogP contribution is 2.22. The van der Waals surface area contributed by atoms with Crippen LogP contribution in [-0.4, -0.2) is 47.6 Å². The molecule has 1 aliphatic heterocycles. The summed E-state index contributed by atoms with van der Waals surface area (Å²) in [5.41, 5.74) is 1.05. The Balaban J connectivity index is 2.18. The third kappa shape index (κ3) is 3.23. The molecule has 1 aromatic rings. The minimum Gasteiger partial charge on any atom is -0.388 e. The topological polar surface area (TPSA) is 54.5 Å². The minimum absolute atomic E-state index is 0.0414. The zero-order valence-electron chi connectivity index (χ0n) is 11.9. The fourth-order valence-corrected chi connectivity index (χ4v) is 2.47. The minimum atomic E-state index is -0.312. The predicted octanol–water partition coefficient (Wildman–Crippen LogP) is 1.76. The van der Waals surface area contributed by atoms with Crippen LogP contribution in [0.3, 0.4) is 0 Å². The first-order chi connectivity index (χ1) is 8.91. The SMILES string of the molecule is CNc1ccnc(C(=O)N2CC(C)OC(C)(C)C2)c1. The molecule has 0 bridgehead atoms. The molecule has 1 N–H and O–H groups in total. The molecule has 1 aromatic heterocycles. The Morgan fingerprint density at radius 1 is 1.58 bits per heavy atom. The maximum absolute atomic E-state index is 12.5. The maximum Gasteiger partial charge on any atom is 0.272 e. The van der Waals surface area contributed by atoms with Gasteiger partial charge in [-0.15, -0.1) is 0 Å². The van der Waals surface area contributed by atoms with E-state index < -0.39 is 0 Å². The number of nitrogens with zero attached hydrogens (tertiary/aromatic N) is 2. The van der Waals surface area contributed by atoms with Gasteiger partial charge < -0.3 is 15.0 Å². The van der Waals surface area contributed by atoms with E-state index in [4.69, 9.17) is 4.74 Å². The molecular formula is C14H21N3O2. The Morgan fingerprint density at radius 2 is 2.32 bits per heavy atom. The van der Waals surface area contributed by atoms with E-state index in [1.807, 2.05) is 38.8 Å². The first-order valence-electron chi connectivity index (χ1n) is 6.52. The molecule has 1 aliphatic rings. The average molecular weight is 263 g/mol. The molecule has 0 saturated carbocycles. The van der Waals surface area contributed by atoms with Crippen molar-refractivity contribution in [2.24, 2.45) is 0 Å². The fraction of sp³-hybridized carbons (Fsp3) is 0.571. The first-order valence-corrected chi connectivity index (χ1v) is 6.52. The highest BCUT2D eigenvalue weighted by molar-refractivity contribution is 5.93. The number of hydrogen-bond donors (Lipinski definition) is 1. The standard InChI is InChI=1S/C14H21N3O2/c1-10-8-17(9-14(2,3)19-10)13(18)12-7-11(15-4)5-6-16-12/h5-7,10H,8-9H2,1-4H3,(H,15,16). The Hall–Kier alpha value is -1.62. The summed E-state index contributed by atoms with van der Waals surface area (Å²) in [5.74, 6) is -0.0414. The summed E-state index contributed by atoms with van der Waals surface area (Å²) in [4.78, 5) is 18.5. The normalized spacial score (nSPS) is 22.1. The summed E-state index contributed by atoms with van der Waals surface area (Å²) in [5, 5.41) is 3.01. The van der Waals surface area contributed by atoms with E-state index in [2.05, 4.69) is 10.3 Å². The molecule has 0 aliphatic carbocycles. The van der Waals surface area contributed by atoms with Crippen LogP contribution in [0.15, 0.2) is 18.3 Å². The van der Waals surface area contributed by atoms with E-state index >= 15 is 0 Å². The Labute approximate surface area is 114 Å². The largest absolute Gasteiger partial charge is 0.388 e. The number of hydrogen-bond acceptors (Lipinski definition) is 4. The van der Waals surface area contributed by atoms with Crippen molar-refractivity contribution < 1.29 is 9.53 Å². The summed E-state index contributed by atoms with van der Waals surface area (Å²) in [7, 11) is 1.82. The van der Waals surface area contributed by atoms with Crippen LogP contribution in [0, 0.1) is 0 Å².